The highest BCUT2D eigenvalue weighted by Crippen LogP contribution is 2.15. The second-order valence-corrected chi connectivity index (χ2v) is 16.4. The largest absolute Gasteiger partial charge is 0.462 e. The lowest BCUT2D eigenvalue weighted by molar-refractivity contribution is -0.167. The van der Waals surface area contributed by atoms with Gasteiger partial charge in [-0.05, 0) is 70.6 Å². The van der Waals surface area contributed by atoms with Gasteiger partial charge in [0.15, 0.2) is 6.10 Å². The Hall–Kier alpha value is -3.15. The minimum absolute atomic E-state index is 0.0881. The summed E-state index contributed by atoms with van der Waals surface area (Å²) in [6, 6.07) is 0. The van der Waals surface area contributed by atoms with E-state index in [-0.39, 0.29) is 31.1 Å². The molecule has 0 heterocycles. The van der Waals surface area contributed by atoms with Crippen molar-refractivity contribution >= 4 is 17.9 Å². The van der Waals surface area contributed by atoms with Crippen molar-refractivity contribution in [3.8, 4) is 0 Å². The Balaban J connectivity index is 4.30. The van der Waals surface area contributed by atoms with Gasteiger partial charge >= 0.3 is 17.9 Å². The fourth-order valence-corrected chi connectivity index (χ4v) is 6.74. The Morgan fingerprint density at radius 1 is 0.350 bits per heavy atom. The maximum Gasteiger partial charge on any atom is 0.306 e. The van der Waals surface area contributed by atoms with Crippen molar-refractivity contribution < 1.29 is 28.6 Å². The second kappa shape index (κ2) is 48.5. The van der Waals surface area contributed by atoms with Crippen molar-refractivity contribution in [3.05, 3.63) is 72.9 Å². The third kappa shape index (κ3) is 45.9. The van der Waals surface area contributed by atoms with Gasteiger partial charge in [-0.25, -0.2) is 0 Å². The van der Waals surface area contributed by atoms with Crippen LogP contribution in [0.1, 0.15) is 233 Å². The molecule has 6 heteroatoms. The standard InChI is InChI=1S/C54H92O6/c1-4-7-10-13-16-18-20-22-24-25-26-27-28-29-31-32-34-36-38-41-44-47-53(56)59-50-51(49-58-52(55)46-43-40-15-12-9-6-3)60-54(57)48-45-42-39-37-35-33-30-23-21-19-17-14-11-8-5-2/h7,10,16,18,22,24,26-27,29,31,34,36,51H,4-6,8-9,11-15,17,19-21,23,25,28,30,32-33,35,37-50H2,1-3H3/b10-7-,18-16-,24-22-,27-26-,31-29-,36-34-. The topological polar surface area (TPSA) is 78.9 Å². The highest BCUT2D eigenvalue weighted by atomic mass is 16.6. The van der Waals surface area contributed by atoms with Crippen LogP contribution >= 0.6 is 0 Å². The molecule has 0 aliphatic carbocycles. The fraction of sp³-hybridized carbons (Fsp3) is 0.722. The van der Waals surface area contributed by atoms with Gasteiger partial charge in [-0.2, -0.15) is 0 Å². The number of rotatable bonds is 44. The molecule has 344 valence electrons. The van der Waals surface area contributed by atoms with Gasteiger partial charge in [0.05, 0.1) is 0 Å². The Morgan fingerprint density at radius 3 is 1.02 bits per heavy atom. The van der Waals surface area contributed by atoms with E-state index in [1.165, 1.54) is 96.3 Å². The van der Waals surface area contributed by atoms with Crippen molar-refractivity contribution in [2.45, 2.75) is 239 Å². The molecule has 0 radical (unpaired) electrons. The van der Waals surface area contributed by atoms with Crippen LogP contribution in [0.5, 0.6) is 0 Å². The number of unbranched alkanes of at least 4 members (excludes halogenated alkanes) is 21. The molecule has 0 aliphatic rings. The zero-order chi connectivity index (χ0) is 43.7. The van der Waals surface area contributed by atoms with Gasteiger partial charge in [-0.3, -0.25) is 14.4 Å². The third-order valence-electron chi connectivity index (χ3n) is 10.5. The summed E-state index contributed by atoms with van der Waals surface area (Å²) in [6.45, 7) is 6.43. The summed E-state index contributed by atoms with van der Waals surface area (Å²) in [5, 5.41) is 0. The normalized spacial score (nSPS) is 12.7. The highest BCUT2D eigenvalue weighted by Gasteiger charge is 2.19. The molecule has 0 aromatic carbocycles. The summed E-state index contributed by atoms with van der Waals surface area (Å²) >= 11 is 0. The lowest BCUT2D eigenvalue weighted by Gasteiger charge is -2.18. The van der Waals surface area contributed by atoms with Crippen LogP contribution < -0.4 is 0 Å². The molecule has 0 aromatic heterocycles. The summed E-state index contributed by atoms with van der Waals surface area (Å²) in [5.74, 6) is -0.941. The van der Waals surface area contributed by atoms with E-state index in [4.69, 9.17) is 14.2 Å². The van der Waals surface area contributed by atoms with E-state index in [1.807, 2.05) is 0 Å². The van der Waals surface area contributed by atoms with Gasteiger partial charge in [0.2, 0.25) is 0 Å². The summed E-state index contributed by atoms with van der Waals surface area (Å²) < 4.78 is 16.6. The smallest absolute Gasteiger partial charge is 0.306 e. The number of esters is 3. The zero-order valence-corrected chi connectivity index (χ0v) is 39.2. The monoisotopic (exact) mass is 837 g/mol. The van der Waals surface area contributed by atoms with E-state index in [0.29, 0.717) is 19.3 Å². The molecule has 0 saturated heterocycles. The minimum atomic E-state index is -0.787. The maximum absolute atomic E-state index is 12.7. The van der Waals surface area contributed by atoms with Crippen LogP contribution in [0.2, 0.25) is 0 Å². The molecular weight excluding hydrogens is 745 g/mol. The van der Waals surface area contributed by atoms with Crippen LogP contribution in [0.15, 0.2) is 72.9 Å². The molecule has 60 heavy (non-hydrogen) atoms. The van der Waals surface area contributed by atoms with Gasteiger partial charge in [0, 0.05) is 19.3 Å². The van der Waals surface area contributed by atoms with E-state index in [9.17, 15) is 14.4 Å². The van der Waals surface area contributed by atoms with Crippen LogP contribution in [0.4, 0.5) is 0 Å². The molecule has 0 rings (SSSR count). The average molecular weight is 837 g/mol. The molecular formula is C54H92O6. The van der Waals surface area contributed by atoms with E-state index in [1.54, 1.807) is 0 Å². The highest BCUT2D eigenvalue weighted by molar-refractivity contribution is 5.71. The van der Waals surface area contributed by atoms with Crippen molar-refractivity contribution in [2.75, 3.05) is 13.2 Å². The van der Waals surface area contributed by atoms with Gasteiger partial charge in [0.1, 0.15) is 13.2 Å². The van der Waals surface area contributed by atoms with Gasteiger partial charge in [-0.1, -0.05) is 216 Å². The van der Waals surface area contributed by atoms with Crippen molar-refractivity contribution in [3.63, 3.8) is 0 Å². The van der Waals surface area contributed by atoms with Crippen molar-refractivity contribution in [1.29, 1.82) is 0 Å². The fourth-order valence-electron chi connectivity index (χ4n) is 6.74. The summed E-state index contributed by atoms with van der Waals surface area (Å²) in [5.41, 5.74) is 0. The summed E-state index contributed by atoms with van der Waals surface area (Å²) in [6.07, 6.45) is 60.5. The zero-order valence-electron chi connectivity index (χ0n) is 39.2. The van der Waals surface area contributed by atoms with Crippen LogP contribution in [0.3, 0.4) is 0 Å². The lowest BCUT2D eigenvalue weighted by Crippen LogP contribution is -2.30. The number of hydrogen-bond donors (Lipinski definition) is 0. The molecule has 6 nitrogen and oxygen atoms in total. The summed E-state index contributed by atoms with van der Waals surface area (Å²) in [7, 11) is 0. The SMILES string of the molecule is CC/C=C\C/C=C\C/C=C\C/C=C\C/C=C\C/C=C\CCCCC(=O)OCC(COC(=O)CCCCCCCC)OC(=O)CCCCCCCCCCCCCCCCC. The maximum atomic E-state index is 12.7. The number of carbonyl (C=O) groups is 3. The van der Waals surface area contributed by atoms with E-state index < -0.39 is 6.10 Å². The summed E-state index contributed by atoms with van der Waals surface area (Å²) in [4.78, 5) is 37.7. The van der Waals surface area contributed by atoms with E-state index in [0.717, 1.165) is 96.3 Å². The molecule has 1 unspecified atom stereocenters. The van der Waals surface area contributed by atoms with E-state index in [2.05, 4.69) is 93.7 Å². The first-order valence-corrected chi connectivity index (χ1v) is 24.9. The van der Waals surface area contributed by atoms with E-state index >= 15 is 0 Å². The Labute approximate surface area is 370 Å². The number of allylic oxidation sites excluding steroid dienone is 12. The molecule has 1 atom stereocenters. The number of carbonyl (C=O) groups excluding carboxylic acids is 3. The first-order valence-electron chi connectivity index (χ1n) is 24.9. The molecule has 0 spiro atoms. The molecule has 0 saturated carbocycles. The molecule has 0 bridgehead atoms. The van der Waals surface area contributed by atoms with Gasteiger partial charge in [0.25, 0.3) is 0 Å². The predicted octanol–water partition coefficient (Wildman–Crippen LogP) is 16.3. The first-order chi connectivity index (χ1) is 29.5. The number of ether oxygens (including phenoxy) is 3. The molecule has 0 fully saturated rings. The predicted molar refractivity (Wildman–Crippen MR) is 256 cm³/mol. The second-order valence-electron chi connectivity index (χ2n) is 16.4. The molecule has 0 N–H and O–H groups in total. The van der Waals surface area contributed by atoms with Gasteiger partial charge in [-0.15, -0.1) is 0 Å². The van der Waals surface area contributed by atoms with Crippen LogP contribution in [0, 0.1) is 0 Å². The molecule has 0 aromatic rings. The molecule has 0 amide bonds. The van der Waals surface area contributed by atoms with Crippen LogP contribution in [0.25, 0.3) is 0 Å². The Bertz CT molecular complexity index is 1140. The first kappa shape index (κ1) is 56.9. The quantitative estimate of drug-likeness (QED) is 0.0263. The van der Waals surface area contributed by atoms with Crippen LogP contribution in [-0.4, -0.2) is 37.2 Å². The molecule has 0 aliphatic heterocycles. The number of hydrogen-bond acceptors (Lipinski definition) is 6. The van der Waals surface area contributed by atoms with Crippen molar-refractivity contribution in [2.24, 2.45) is 0 Å². The Morgan fingerprint density at radius 2 is 0.650 bits per heavy atom. The average Bonchev–Trinajstić information content (AvgIpc) is 3.24. The third-order valence-corrected chi connectivity index (χ3v) is 10.5. The van der Waals surface area contributed by atoms with Gasteiger partial charge < -0.3 is 14.2 Å². The minimum Gasteiger partial charge on any atom is -0.462 e. The van der Waals surface area contributed by atoms with Crippen molar-refractivity contribution in [1.82, 2.24) is 0 Å². The van der Waals surface area contributed by atoms with Crippen LogP contribution in [-0.2, 0) is 28.6 Å². The Kier molecular flexibility index (Phi) is 46.0. The lowest BCUT2D eigenvalue weighted by atomic mass is 10.0.